The van der Waals surface area contributed by atoms with Gasteiger partial charge in [-0.2, -0.15) is 0 Å². The maximum atomic E-state index is 11.0. The quantitative estimate of drug-likeness (QED) is 0.843. The number of aliphatic hydroxyl groups is 1. The van der Waals surface area contributed by atoms with Gasteiger partial charge in [-0.15, -0.1) is 0 Å². The zero-order valence-electron chi connectivity index (χ0n) is 8.90. The minimum absolute atomic E-state index is 0.112. The minimum Gasteiger partial charge on any atom is -0.395 e. The van der Waals surface area contributed by atoms with Gasteiger partial charge >= 0.3 is 0 Å². The Hall–Kier alpha value is -0.870. The number of hydrogen-bond acceptors (Lipinski definition) is 3. The molecule has 1 aliphatic carbocycles. The second-order valence-electron chi connectivity index (χ2n) is 3.97. The van der Waals surface area contributed by atoms with Crippen LogP contribution in [0.2, 0.25) is 0 Å². The van der Waals surface area contributed by atoms with Crippen molar-refractivity contribution in [2.75, 3.05) is 18.1 Å². The Morgan fingerprint density at radius 2 is 2.25 bits per heavy atom. The molecule has 2 rings (SSSR count). The summed E-state index contributed by atoms with van der Waals surface area (Å²) in [6.07, 6.45) is 3.16. The Bertz CT molecular complexity index is 391. The van der Waals surface area contributed by atoms with Crippen molar-refractivity contribution in [1.29, 1.82) is 0 Å². The largest absolute Gasteiger partial charge is 0.395 e. The standard InChI is InChI=1S/C12H14BrNO2/c13-10-2-1-9(8-16)12(7-10)14(5-6-15)11-3-4-11/h1-2,7-8,11,15H,3-6H2. The lowest BCUT2D eigenvalue weighted by molar-refractivity contribution is 0.112. The van der Waals surface area contributed by atoms with Crippen molar-refractivity contribution in [2.24, 2.45) is 0 Å². The number of halogens is 1. The Morgan fingerprint density at radius 3 is 2.81 bits per heavy atom. The molecule has 1 aliphatic rings. The number of benzene rings is 1. The molecule has 1 aromatic carbocycles. The summed E-state index contributed by atoms with van der Waals surface area (Å²) in [6, 6.07) is 6.09. The Morgan fingerprint density at radius 1 is 1.50 bits per heavy atom. The monoisotopic (exact) mass is 283 g/mol. The third kappa shape index (κ3) is 2.44. The van der Waals surface area contributed by atoms with Crippen molar-refractivity contribution >= 4 is 27.9 Å². The first-order valence-corrected chi connectivity index (χ1v) is 6.18. The number of aliphatic hydroxyl groups excluding tert-OH is 1. The van der Waals surface area contributed by atoms with Crippen LogP contribution in [0, 0.1) is 0 Å². The topological polar surface area (TPSA) is 40.5 Å². The van der Waals surface area contributed by atoms with E-state index in [0.717, 1.165) is 29.3 Å². The molecule has 3 nitrogen and oxygen atoms in total. The molecule has 86 valence electrons. The highest BCUT2D eigenvalue weighted by Gasteiger charge is 2.30. The molecule has 0 spiro atoms. The van der Waals surface area contributed by atoms with Crippen LogP contribution in [0.5, 0.6) is 0 Å². The highest BCUT2D eigenvalue weighted by Crippen LogP contribution is 2.34. The van der Waals surface area contributed by atoms with Gasteiger partial charge < -0.3 is 10.0 Å². The molecule has 0 aliphatic heterocycles. The number of nitrogens with zero attached hydrogens (tertiary/aromatic N) is 1. The average Bonchev–Trinajstić information content (AvgIpc) is 3.10. The Kier molecular flexibility index (Phi) is 3.61. The van der Waals surface area contributed by atoms with E-state index in [-0.39, 0.29) is 6.61 Å². The van der Waals surface area contributed by atoms with Gasteiger partial charge in [0.15, 0.2) is 6.29 Å². The second kappa shape index (κ2) is 4.97. The summed E-state index contributed by atoms with van der Waals surface area (Å²) in [5.74, 6) is 0. The second-order valence-corrected chi connectivity index (χ2v) is 4.88. The summed E-state index contributed by atoms with van der Waals surface area (Å²) >= 11 is 3.41. The van der Waals surface area contributed by atoms with E-state index in [0.29, 0.717) is 18.2 Å². The third-order valence-electron chi connectivity index (χ3n) is 2.76. The molecule has 0 unspecified atom stereocenters. The minimum atomic E-state index is 0.112. The van der Waals surface area contributed by atoms with Crippen molar-refractivity contribution in [1.82, 2.24) is 0 Å². The molecule has 0 saturated heterocycles. The van der Waals surface area contributed by atoms with E-state index in [1.807, 2.05) is 12.1 Å². The summed E-state index contributed by atoms with van der Waals surface area (Å²) in [4.78, 5) is 13.1. The lowest BCUT2D eigenvalue weighted by Gasteiger charge is -2.25. The van der Waals surface area contributed by atoms with Crippen LogP contribution in [0.15, 0.2) is 22.7 Å². The van der Waals surface area contributed by atoms with Gasteiger partial charge in [0.05, 0.1) is 6.61 Å². The fraction of sp³-hybridized carbons (Fsp3) is 0.417. The maximum Gasteiger partial charge on any atom is 0.152 e. The third-order valence-corrected chi connectivity index (χ3v) is 3.25. The molecule has 1 aromatic rings. The first-order chi connectivity index (χ1) is 7.76. The molecule has 16 heavy (non-hydrogen) atoms. The van der Waals surface area contributed by atoms with Crippen molar-refractivity contribution in [3.05, 3.63) is 28.2 Å². The molecule has 0 aromatic heterocycles. The summed E-state index contributed by atoms with van der Waals surface area (Å²) in [5.41, 5.74) is 1.60. The summed E-state index contributed by atoms with van der Waals surface area (Å²) in [7, 11) is 0. The van der Waals surface area contributed by atoms with Crippen LogP contribution in [0.4, 0.5) is 5.69 Å². The fourth-order valence-electron chi connectivity index (χ4n) is 1.86. The van der Waals surface area contributed by atoms with Crippen LogP contribution in [0.3, 0.4) is 0 Å². The van der Waals surface area contributed by atoms with Crippen LogP contribution in [-0.4, -0.2) is 30.6 Å². The molecule has 1 fully saturated rings. The number of carbonyl (C=O) groups is 1. The van der Waals surface area contributed by atoms with Gasteiger partial charge in [0, 0.05) is 28.3 Å². The van der Waals surface area contributed by atoms with E-state index in [1.165, 1.54) is 0 Å². The maximum absolute atomic E-state index is 11.0. The van der Waals surface area contributed by atoms with Crippen LogP contribution >= 0.6 is 15.9 Å². The molecule has 4 heteroatoms. The zero-order chi connectivity index (χ0) is 11.5. The van der Waals surface area contributed by atoms with E-state index in [9.17, 15) is 4.79 Å². The number of aldehydes is 1. The van der Waals surface area contributed by atoms with Crippen LogP contribution < -0.4 is 4.90 Å². The number of carbonyl (C=O) groups excluding carboxylic acids is 1. The predicted molar refractivity (Wildman–Crippen MR) is 67.0 cm³/mol. The lowest BCUT2D eigenvalue weighted by atomic mass is 10.1. The van der Waals surface area contributed by atoms with E-state index >= 15 is 0 Å². The molecule has 0 atom stereocenters. The van der Waals surface area contributed by atoms with Gasteiger partial charge in [-0.1, -0.05) is 15.9 Å². The van der Waals surface area contributed by atoms with E-state index in [4.69, 9.17) is 5.11 Å². The molecular formula is C12H14BrNO2. The molecule has 1 N–H and O–H groups in total. The van der Waals surface area contributed by atoms with Gasteiger partial charge in [-0.3, -0.25) is 4.79 Å². The molecular weight excluding hydrogens is 270 g/mol. The number of hydrogen-bond donors (Lipinski definition) is 1. The van der Waals surface area contributed by atoms with E-state index in [2.05, 4.69) is 20.8 Å². The SMILES string of the molecule is O=Cc1ccc(Br)cc1N(CCO)C1CC1. The van der Waals surface area contributed by atoms with Crippen LogP contribution in [0.25, 0.3) is 0 Å². The smallest absolute Gasteiger partial charge is 0.152 e. The Labute approximate surface area is 103 Å². The number of anilines is 1. The van der Waals surface area contributed by atoms with Gasteiger partial charge in [0.2, 0.25) is 0 Å². The predicted octanol–water partition coefficient (Wildman–Crippen LogP) is 2.22. The van der Waals surface area contributed by atoms with Gasteiger partial charge in [0.25, 0.3) is 0 Å². The van der Waals surface area contributed by atoms with E-state index < -0.39 is 0 Å². The highest BCUT2D eigenvalue weighted by molar-refractivity contribution is 9.10. The van der Waals surface area contributed by atoms with Crippen molar-refractivity contribution in [3.63, 3.8) is 0 Å². The lowest BCUT2D eigenvalue weighted by Crippen LogP contribution is -2.29. The molecule has 0 heterocycles. The van der Waals surface area contributed by atoms with Crippen molar-refractivity contribution < 1.29 is 9.90 Å². The van der Waals surface area contributed by atoms with Gasteiger partial charge in [-0.25, -0.2) is 0 Å². The zero-order valence-corrected chi connectivity index (χ0v) is 10.5. The summed E-state index contributed by atoms with van der Waals surface area (Å²) < 4.78 is 0.955. The van der Waals surface area contributed by atoms with Gasteiger partial charge in [0.1, 0.15) is 0 Å². The van der Waals surface area contributed by atoms with Crippen LogP contribution in [0.1, 0.15) is 23.2 Å². The average molecular weight is 284 g/mol. The van der Waals surface area contributed by atoms with E-state index in [1.54, 1.807) is 6.07 Å². The summed E-state index contributed by atoms with van der Waals surface area (Å²) in [6.45, 7) is 0.698. The number of rotatable bonds is 5. The van der Waals surface area contributed by atoms with Crippen molar-refractivity contribution in [3.8, 4) is 0 Å². The molecule has 0 radical (unpaired) electrons. The first-order valence-electron chi connectivity index (χ1n) is 5.38. The molecule has 0 bridgehead atoms. The van der Waals surface area contributed by atoms with Crippen LogP contribution in [-0.2, 0) is 0 Å². The van der Waals surface area contributed by atoms with Crippen molar-refractivity contribution in [2.45, 2.75) is 18.9 Å². The molecule has 1 saturated carbocycles. The Balaban J connectivity index is 2.34. The highest BCUT2D eigenvalue weighted by atomic mass is 79.9. The first kappa shape index (κ1) is 11.6. The van der Waals surface area contributed by atoms with Gasteiger partial charge in [-0.05, 0) is 31.0 Å². The fourth-order valence-corrected chi connectivity index (χ4v) is 2.21. The summed E-state index contributed by atoms with van der Waals surface area (Å²) in [5, 5.41) is 9.07. The normalized spacial score (nSPS) is 14.9. The molecule has 0 amide bonds.